The van der Waals surface area contributed by atoms with Crippen LogP contribution >= 0.6 is 0 Å². The van der Waals surface area contributed by atoms with Crippen molar-refractivity contribution < 1.29 is 18.7 Å². The first-order chi connectivity index (χ1) is 14.4. The fourth-order valence-corrected chi connectivity index (χ4v) is 2.61. The maximum absolute atomic E-state index is 12.9. The molecule has 3 N–H and O–H groups in total. The van der Waals surface area contributed by atoms with E-state index < -0.39 is 23.7 Å². The lowest BCUT2D eigenvalue weighted by Gasteiger charge is -2.15. The topological polar surface area (TPSA) is 131 Å². The summed E-state index contributed by atoms with van der Waals surface area (Å²) in [5, 5.41) is 10.3. The molecule has 0 aliphatic heterocycles. The molecule has 0 saturated heterocycles. The molecule has 0 unspecified atom stereocenters. The minimum Gasteiger partial charge on any atom is -0.481 e. The van der Waals surface area contributed by atoms with Crippen molar-refractivity contribution >= 4 is 11.8 Å². The Morgan fingerprint density at radius 1 is 1.20 bits per heavy atom. The van der Waals surface area contributed by atoms with E-state index in [2.05, 4.69) is 26.1 Å². The van der Waals surface area contributed by atoms with Gasteiger partial charge in [-0.15, -0.1) is 0 Å². The predicted octanol–water partition coefficient (Wildman–Crippen LogP) is 0.886. The van der Waals surface area contributed by atoms with Gasteiger partial charge in [0.05, 0.1) is 17.5 Å². The number of rotatable bonds is 6. The van der Waals surface area contributed by atoms with E-state index in [1.165, 1.54) is 54.2 Å². The van der Waals surface area contributed by atoms with Crippen LogP contribution in [0, 0.1) is 5.82 Å². The lowest BCUT2D eigenvalue weighted by Crippen LogP contribution is -2.47. The van der Waals surface area contributed by atoms with Gasteiger partial charge in [-0.3, -0.25) is 25.2 Å². The molecule has 11 heteroatoms. The van der Waals surface area contributed by atoms with Gasteiger partial charge >= 0.3 is 0 Å². The minimum atomic E-state index is -0.936. The van der Waals surface area contributed by atoms with Crippen molar-refractivity contribution in [2.75, 3.05) is 0 Å². The molecule has 0 radical (unpaired) electrons. The average molecular weight is 414 g/mol. The number of halogens is 1. The van der Waals surface area contributed by atoms with Crippen LogP contribution in [0.5, 0.6) is 5.75 Å². The van der Waals surface area contributed by atoms with E-state index in [0.717, 1.165) is 0 Å². The summed E-state index contributed by atoms with van der Waals surface area (Å²) in [4.78, 5) is 35.9. The van der Waals surface area contributed by atoms with Crippen molar-refractivity contribution in [3.05, 3.63) is 70.0 Å². The predicted molar refractivity (Wildman–Crippen MR) is 103 cm³/mol. The van der Waals surface area contributed by atoms with Gasteiger partial charge in [-0.2, -0.15) is 10.2 Å². The normalized spacial score (nSPS) is 11.6. The number of hydrogen-bond donors (Lipinski definition) is 3. The Hall–Kier alpha value is -4.02. The molecule has 2 aromatic heterocycles. The number of aromatic amines is 1. The molecular formula is C19H19FN6O4. The van der Waals surface area contributed by atoms with E-state index >= 15 is 0 Å². The van der Waals surface area contributed by atoms with Crippen molar-refractivity contribution in [2.24, 2.45) is 0 Å². The van der Waals surface area contributed by atoms with Crippen molar-refractivity contribution in [1.29, 1.82) is 0 Å². The molecule has 3 rings (SSSR count). The largest absolute Gasteiger partial charge is 0.481 e. The lowest BCUT2D eigenvalue weighted by atomic mass is 10.2. The van der Waals surface area contributed by atoms with Gasteiger partial charge in [0.25, 0.3) is 17.4 Å². The highest BCUT2D eigenvalue weighted by Gasteiger charge is 2.20. The second kappa shape index (κ2) is 8.99. The zero-order chi connectivity index (χ0) is 21.7. The third kappa shape index (κ3) is 4.69. The highest BCUT2D eigenvalue weighted by atomic mass is 19.1. The average Bonchev–Trinajstić information content (AvgIpc) is 3.18. The Kier molecular flexibility index (Phi) is 6.20. The number of carbonyl (C=O) groups is 2. The number of amides is 2. The standard InChI is InChI=1S/C19H19FN6O4/c1-3-15-14(10-21-26(15)16-8-9-17(27)23-22-16)19(29)25-24-18(28)11(2)30-13-6-4-12(20)5-7-13/h4-11H,3H2,1-2H3,(H,23,27)(H,24,28)(H,25,29)/t11-/m1/s1. The number of carbonyl (C=O) groups excluding carboxylic acids is 2. The lowest BCUT2D eigenvalue weighted by molar-refractivity contribution is -0.128. The first kappa shape index (κ1) is 20.7. The van der Waals surface area contributed by atoms with Crippen LogP contribution in [-0.4, -0.2) is 37.9 Å². The van der Waals surface area contributed by atoms with Gasteiger partial charge in [0.15, 0.2) is 11.9 Å². The number of H-pyrrole nitrogens is 1. The molecule has 2 amide bonds. The van der Waals surface area contributed by atoms with Gasteiger partial charge in [-0.05, 0) is 43.7 Å². The fraction of sp³-hybridized carbons (Fsp3) is 0.211. The number of nitrogens with zero attached hydrogens (tertiary/aromatic N) is 3. The maximum atomic E-state index is 12.9. The number of hydrogen-bond acceptors (Lipinski definition) is 6. The Bertz CT molecular complexity index is 1090. The Labute approximate surface area is 170 Å². The van der Waals surface area contributed by atoms with Crippen LogP contribution in [-0.2, 0) is 11.2 Å². The maximum Gasteiger partial charge on any atom is 0.279 e. The molecule has 2 heterocycles. The van der Waals surface area contributed by atoms with Crippen molar-refractivity contribution in [3.8, 4) is 11.6 Å². The van der Waals surface area contributed by atoms with Crippen molar-refractivity contribution in [1.82, 2.24) is 30.8 Å². The van der Waals surface area contributed by atoms with Crippen LogP contribution in [0.2, 0.25) is 0 Å². The Balaban J connectivity index is 1.64. The molecule has 0 aliphatic rings. The highest BCUT2D eigenvalue weighted by Crippen LogP contribution is 2.14. The van der Waals surface area contributed by atoms with Crippen LogP contribution in [0.25, 0.3) is 5.82 Å². The smallest absolute Gasteiger partial charge is 0.279 e. The molecule has 0 bridgehead atoms. The molecule has 10 nitrogen and oxygen atoms in total. The van der Waals surface area contributed by atoms with E-state index in [1.54, 1.807) is 0 Å². The number of nitrogens with one attached hydrogen (secondary N) is 3. The fourth-order valence-electron chi connectivity index (χ4n) is 2.61. The van der Waals surface area contributed by atoms with Crippen LogP contribution < -0.4 is 21.1 Å². The Morgan fingerprint density at radius 3 is 2.57 bits per heavy atom. The zero-order valence-electron chi connectivity index (χ0n) is 16.2. The van der Waals surface area contributed by atoms with Crippen LogP contribution in [0.1, 0.15) is 29.9 Å². The van der Waals surface area contributed by atoms with Gasteiger partial charge in [-0.25, -0.2) is 14.2 Å². The number of hydrazine groups is 1. The van der Waals surface area contributed by atoms with Crippen LogP contribution in [0.3, 0.4) is 0 Å². The van der Waals surface area contributed by atoms with E-state index in [-0.39, 0.29) is 11.1 Å². The first-order valence-electron chi connectivity index (χ1n) is 9.04. The first-order valence-corrected chi connectivity index (χ1v) is 9.04. The monoisotopic (exact) mass is 414 g/mol. The van der Waals surface area contributed by atoms with E-state index in [0.29, 0.717) is 23.7 Å². The summed E-state index contributed by atoms with van der Waals surface area (Å²) >= 11 is 0. The molecule has 156 valence electrons. The molecule has 30 heavy (non-hydrogen) atoms. The minimum absolute atomic E-state index is 0.234. The molecule has 0 spiro atoms. The number of benzene rings is 1. The summed E-state index contributed by atoms with van der Waals surface area (Å²) in [6.45, 7) is 3.31. The van der Waals surface area contributed by atoms with Crippen LogP contribution in [0.4, 0.5) is 4.39 Å². The molecule has 1 atom stereocenters. The van der Waals surface area contributed by atoms with E-state index in [1.807, 2.05) is 6.92 Å². The third-order valence-corrected chi connectivity index (χ3v) is 4.12. The summed E-state index contributed by atoms with van der Waals surface area (Å²) in [7, 11) is 0. The van der Waals surface area contributed by atoms with Gasteiger partial charge in [0.1, 0.15) is 11.6 Å². The van der Waals surface area contributed by atoms with E-state index in [4.69, 9.17) is 4.74 Å². The summed E-state index contributed by atoms with van der Waals surface area (Å²) < 4.78 is 19.8. The van der Waals surface area contributed by atoms with Gasteiger partial charge in [0, 0.05) is 6.07 Å². The summed E-state index contributed by atoms with van der Waals surface area (Å²) in [5.74, 6) is -0.939. The van der Waals surface area contributed by atoms with E-state index in [9.17, 15) is 18.8 Å². The second-order valence-corrected chi connectivity index (χ2v) is 6.21. The molecule has 0 fully saturated rings. The van der Waals surface area contributed by atoms with Crippen LogP contribution in [0.15, 0.2) is 47.4 Å². The quantitative estimate of drug-likeness (QED) is 0.514. The van der Waals surface area contributed by atoms with Crippen molar-refractivity contribution in [3.63, 3.8) is 0 Å². The molecular weight excluding hydrogens is 395 g/mol. The van der Waals surface area contributed by atoms with Gasteiger partial charge in [-0.1, -0.05) is 6.92 Å². The molecule has 0 saturated carbocycles. The third-order valence-electron chi connectivity index (χ3n) is 4.12. The summed E-state index contributed by atoms with van der Waals surface area (Å²) in [5.41, 5.74) is 5.01. The Morgan fingerprint density at radius 2 is 1.93 bits per heavy atom. The SMILES string of the molecule is CCc1c(C(=O)NNC(=O)[C@@H](C)Oc2ccc(F)cc2)cnn1-c1ccc(=O)[nH]n1. The molecule has 1 aromatic carbocycles. The summed E-state index contributed by atoms with van der Waals surface area (Å²) in [6, 6.07) is 7.98. The van der Waals surface area contributed by atoms with Gasteiger partial charge < -0.3 is 4.74 Å². The highest BCUT2D eigenvalue weighted by molar-refractivity contribution is 5.96. The zero-order valence-corrected chi connectivity index (χ0v) is 16.2. The van der Waals surface area contributed by atoms with Crippen molar-refractivity contribution in [2.45, 2.75) is 26.4 Å². The molecule has 3 aromatic rings. The molecule has 0 aliphatic carbocycles. The number of ether oxygens (including phenoxy) is 1. The second-order valence-electron chi connectivity index (χ2n) is 6.21. The van der Waals surface area contributed by atoms with Gasteiger partial charge in [0.2, 0.25) is 0 Å². The summed E-state index contributed by atoms with van der Waals surface area (Å²) in [6.07, 6.45) is 0.849. The number of aromatic nitrogens is 4.